The summed E-state index contributed by atoms with van der Waals surface area (Å²) in [6, 6.07) is 5.85. The molecule has 4 aromatic rings. The third kappa shape index (κ3) is 3.77. The fourth-order valence-electron chi connectivity index (χ4n) is 5.33. The Kier molecular flexibility index (Phi) is 5.38. The molecule has 4 heterocycles. The van der Waals surface area contributed by atoms with E-state index in [0.717, 1.165) is 73.4 Å². The van der Waals surface area contributed by atoms with Crippen LogP contribution in [0.15, 0.2) is 24.4 Å². The summed E-state index contributed by atoms with van der Waals surface area (Å²) in [5.41, 5.74) is 16.8. The third-order valence-electron chi connectivity index (χ3n) is 7.53. The van der Waals surface area contributed by atoms with Crippen molar-refractivity contribution in [3.8, 4) is 11.6 Å². The van der Waals surface area contributed by atoms with Crippen molar-refractivity contribution in [3.05, 3.63) is 41.1 Å². The van der Waals surface area contributed by atoms with E-state index < -0.39 is 5.91 Å². The van der Waals surface area contributed by atoms with E-state index in [2.05, 4.69) is 15.1 Å². The number of aromatic amines is 1. The minimum atomic E-state index is -0.592. The maximum Gasteiger partial charge on any atom is 0.253 e. The largest absolute Gasteiger partial charge is 0.477 e. The monoisotopic (exact) mass is 489 g/mol. The molecule has 6 rings (SSSR count). The second-order valence-electron chi connectivity index (χ2n) is 10.2. The molecule has 2 aliphatic rings. The zero-order valence-corrected chi connectivity index (χ0v) is 20.6. The summed E-state index contributed by atoms with van der Waals surface area (Å²) in [7, 11) is 0. The number of nitrogen functional groups attached to an aromatic ring is 1. The maximum atomic E-state index is 12.5. The third-order valence-corrected chi connectivity index (χ3v) is 7.53. The van der Waals surface area contributed by atoms with Crippen LogP contribution in [-0.4, -0.2) is 70.0 Å². The summed E-state index contributed by atoms with van der Waals surface area (Å²) >= 11 is 0. The topological polar surface area (TPSA) is 137 Å². The van der Waals surface area contributed by atoms with Gasteiger partial charge in [-0.15, -0.1) is 0 Å². The summed E-state index contributed by atoms with van der Waals surface area (Å²) < 4.78 is 13.7. The highest BCUT2D eigenvalue weighted by atomic mass is 16.5. The molecule has 2 fully saturated rings. The number of ether oxygens (including phenoxy) is 2. The van der Waals surface area contributed by atoms with Crippen molar-refractivity contribution in [2.45, 2.75) is 26.7 Å². The average Bonchev–Trinajstić information content (AvgIpc) is 3.33. The Balaban J connectivity index is 1.41. The van der Waals surface area contributed by atoms with Gasteiger partial charge >= 0.3 is 0 Å². The van der Waals surface area contributed by atoms with Crippen molar-refractivity contribution in [1.29, 1.82) is 0 Å². The molecule has 1 aliphatic carbocycles. The second-order valence-corrected chi connectivity index (χ2v) is 10.2. The van der Waals surface area contributed by atoms with E-state index in [0.29, 0.717) is 23.5 Å². The van der Waals surface area contributed by atoms with Crippen molar-refractivity contribution in [1.82, 2.24) is 24.6 Å². The molecule has 1 saturated heterocycles. The van der Waals surface area contributed by atoms with Gasteiger partial charge in [0.25, 0.3) is 5.91 Å². The standard InChI is InChI=1S/C26H31N7O3/c1-15-3-4-19-18(12-29-31-19)21(15)33-22(27)20(23(28)34)17-11-16(2)25(30-24(17)33)36-14-26(5-6-26)13-32-7-9-35-10-8-32/h3-4,11-12H,5-10,13-14,27H2,1-2H3,(H2,28,34)(H,29,31). The Morgan fingerprint density at radius 2 is 1.97 bits per heavy atom. The van der Waals surface area contributed by atoms with Gasteiger partial charge in [0.1, 0.15) is 5.82 Å². The highest BCUT2D eigenvalue weighted by Crippen LogP contribution is 2.47. The normalized spacial score (nSPS) is 17.6. The molecule has 0 unspecified atom stereocenters. The Morgan fingerprint density at radius 3 is 2.69 bits per heavy atom. The van der Waals surface area contributed by atoms with Gasteiger partial charge in [-0.25, -0.2) is 0 Å². The van der Waals surface area contributed by atoms with Gasteiger partial charge in [-0.3, -0.25) is 19.4 Å². The van der Waals surface area contributed by atoms with Gasteiger partial charge in [0.15, 0.2) is 5.65 Å². The van der Waals surface area contributed by atoms with Gasteiger partial charge in [0, 0.05) is 41.4 Å². The maximum absolute atomic E-state index is 12.5. The molecule has 0 spiro atoms. The highest BCUT2D eigenvalue weighted by molar-refractivity contribution is 6.11. The average molecular weight is 490 g/mol. The summed E-state index contributed by atoms with van der Waals surface area (Å²) in [5, 5.41) is 8.68. The highest BCUT2D eigenvalue weighted by Gasteiger charge is 2.45. The molecular weight excluding hydrogens is 458 g/mol. The first-order chi connectivity index (χ1) is 17.4. The van der Waals surface area contributed by atoms with Crippen molar-refractivity contribution in [3.63, 3.8) is 0 Å². The SMILES string of the molecule is Cc1cc2c(C(N)=O)c(N)n(-c3c(C)ccc4[nH]ncc34)c2nc1OCC1(CN2CCOCC2)CC1. The lowest BCUT2D eigenvalue weighted by molar-refractivity contribution is 0.0233. The molecule has 0 atom stereocenters. The fourth-order valence-corrected chi connectivity index (χ4v) is 5.33. The summed E-state index contributed by atoms with van der Waals surface area (Å²) in [6.07, 6.45) is 4.03. The van der Waals surface area contributed by atoms with Gasteiger partial charge in [-0.05, 0) is 44.4 Å². The number of pyridine rings is 1. The smallest absolute Gasteiger partial charge is 0.253 e. The van der Waals surface area contributed by atoms with Gasteiger partial charge in [-0.2, -0.15) is 10.1 Å². The molecule has 188 valence electrons. The molecule has 1 saturated carbocycles. The number of aryl methyl sites for hydroxylation is 2. The lowest BCUT2D eigenvalue weighted by Gasteiger charge is -2.30. The lowest BCUT2D eigenvalue weighted by Crippen LogP contribution is -2.41. The van der Waals surface area contributed by atoms with E-state index >= 15 is 0 Å². The Labute approximate surface area is 208 Å². The van der Waals surface area contributed by atoms with Gasteiger partial charge in [0.05, 0.1) is 42.8 Å². The van der Waals surface area contributed by atoms with Crippen LogP contribution in [0.5, 0.6) is 5.88 Å². The van der Waals surface area contributed by atoms with E-state index in [1.165, 1.54) is 0 Å². The second kappa shape index (κ2) is 8.49. The van der Waals surface area contributed by atoms with Gasteiger partial charge in [0.2, 0.25) is 5.88 Å². The molecule has 1 aromatic carbocycles. The summed E-state index contributed by atoms with van der Waals surface area (Å²) in [5.74, 6) is 0.206. The molecule has 10 nitrogen and oxygen atoms in total. The van der Waals surface area contributed by atoms with Crippen LogP contribution in [0.2, 0.25) is 0 Å². The molecule has 3 aromatic heterocycles. The molecule has 5 N–H and O–H groups in total. The number of nitrogens with one attached hydrogen (secondary N) is 1. The number of anilines is 1. The number of hydrogen-bond acceptors (Lipinski definition) is 7. The number of fused-ring (bicyclic) bond motifs is 2. The van der Waals surface area contributed by atoms with Crippen molar-refractivity contribution in [2.75, 3.05) is 45.2 Å². The van der Waals surface area contributed by atoms with E-state index in [9.17, 15) is 4.79 Å². The van der Waals surface area contributed by atoms with Crippen LogP contribution in [0.1, 0.15) is 34.3 Å². The van der Waals surface area contributed by atoms with E-state index in [1.54, 1.807) is 10.8 Å². The summed E-state index contributed by atoms with van der Waals surface area (Å²) in [4.78, 5) is 19.8. The Morgan fingerprint density at radius 1 is 1.19 bits per heavy atom. The van der Waals surface area contributed by atoms with Crippen LogP contribution in [0.3, 0.4) is 0 Å². The number of carbonyl (C=O) groups is 1. The number of benzene rings is 1. The van der Waals surface area contributed by atoms with E-state index in [4.69, 9.17) is 25.9 Å². The molecule has 0 bridgehead atoms. The first-order valence-electron chi connectivity index (χ1n) is 12.3. The number of aromatic nitrogens is 4. The molecule has 1 amide bonds. The van der Waals surface area contributed by atoms with Crippen LogP contribution in [0.25, 0.3) is 27.6 Å². The number of hydrogen-bond donors (Lipinski definition) is 3. The predicted octanol–water partition coefficient (Wildman–Crippen LogP) is 2.69. The van der Waals surface area contributed by atoms with Crippen LogP contribution in [0.4, 0.5) is 5.82 Å². The lowest BCUT2D eigenvalue weighted by atomic mass is 10.1. The van der Waals surface area contributed by atoms with E-state index in [-0.39, 0.29) is 16.8 Å². The molecule has 1 aliphatic heterocycles. The number of nitrogens with zero attached hydrogens (tertiary/aromatic N) is 4. The minimum Gasteiger partial charge on any atom is -0.477 e. The van der Waals surface area contributed by atoms with Gasteiger partial charge in [-0.1, -0.05) is 6.07 Å². The van der Waals surface area contributed by atoms with Crippen molar-refractivity contribution < 1.29 is 14.3 Å². The molecular formula is C26H31N7O3. The zero-order chi connectivity index (χ0) is 25.0. The number of carbonyl (C=O) groups excluding carboxylic acids is 1. The fraction of sp³-hybridized carbons (Fsp3) is 0.423. The quantitative estimate of drug-likeness (QED) is 0.363. The zero-order valence-electron chi connectivity index (χ0n) is 20.6. The number of nitrogens with two attached hydrogens (primary N) is 2. The number of primary amides is 1. The minimum absolute atomic E-state index is 0.152. The molecule has 0 radical (unpaired) electrons. The number of amides is 1. The van der Waals surface area contributed by atoms with Crippen LogP contribution < -0.4 is 16.2 Å². The number of rotatable bonds is 7. The van der Waals surface area contributed by atoms with Gasteiger partial charge < -0.3 is 20.9 Å². The van der Waals surface area contributed by atoms with E-state index in [1.807, 2.05) is 32.0 Å². The number of H-pyrrole nitrogens is 1. The predicted molar refractivity (Wildman–Crippen MR) is 138 cm³/mol. The first kappa shape index (κ1) is 22.8. The molecule has 10 heteroatoms. The summed E-state index contributed by atoms with van der Waals surface area (Å²) in [6.45, 7) is 9.04. The van der Waals surface area contributed by atoms with Crippen LogP contribution in [0, 0.1) is 19.3 Å². The Bertz CT molecular complexity index is 1480. The Hall–Kier alpha value is -3.63. The number of morpholine rings is 1. The van der Waals surface area contributed by atoms with Crippen LogP contribution >= 0.6 is 0 Å². The first-order valence-corrected chi connectivity index (χ1v) is 12.3. The molecule has 36 heavy (non-hydrogen) atoms. The van der Waals surface area contributed by atoms with Crippen LogP contribution in [-0.2, 0) is 4.74 Å². The van der Waals surface area contributed by atoms with Crippen molar-refractivity contribution in [2.24, 2.45) is 11.1 Å². The van der Waals surface area contributed by atoms with Crippen molar-refractivity contribution >= 4 is 33.7 Å².